The highest BCUT2D eigenvalue weighted by Crippen LogP contribution is 2.22. The SMILES string of the molecule is COc1ccc(-c2cc(C(=O)NCC[NH+]3CCOCC3)no2)cc1. The number of carbonyl (C=O) groups is 1. The lowest BCUT2D eigenvalue weighted by atomic mass is 10.1. The van der Waals surface area contributed by atoms with Crippen molar-refractivity contribution in [3.05, 3.63) is 36.0 Å². The topological polar surface area (TPSA) is 78.0 Å². The van der Waals surface area contributed by atoms with E-state index in [1.807, 2.05) is 24.3 Å². The molecule has 2 aromatic rings. The van der Waals surface area contributed by atoms with E-state index in [2.05, 4.69) is 10.5 Å². The van der Waals surface area contributed by atoms with Gasteiger partial charge in [0.2, 0.25) is 0 Å². The first kappa shape index (κ1) is 16.5. The zero-order chi connectivity index (χ0) is 16.8. The Morgan fingerprint density at radius 2 is 2.04 bits per heavy atom. The predicted octanol–water partition coefficient (Wildman–Crippen LogP) is -0.00490. The van der Waals surface area contributed by atoms with Gasteiger partial charge < -0.3 is 24.2 Å². The number of aromatic nitrogens is 1. The van der Waals surface area contributed by atoms with Crippen molar-refractivity contribution in [3.8, 4) is 17.1 Å². The molecule has 0 unspecified atom stereocenters. The predicted molar refractivity (Wildman–Crippen MR) is 87.2 cm³/mol. The van der Waals surface area contributed by atoms with E-state index in [1.54, 1.807) is 13.2 Å². The molecule has 1 aliphatic rings. The molecule has 0 atom stereocenters. The maximum atomic E-state index is 12.1. The minimum Gasteiger partial charge on any atom is -0.497 e. The van der Waals surface area contributed by atoms with Crippen LogP contribution < -0.4 is 15.0 Å². The third-order valence-corrected chi connectivity index (χ3v) is 4.08. The highest BCUT2D eigenvalue weighted by atomic mass is 16.5. The number of rotatable bonds is 6. The van der Waals surface area contributed by atoms with E-state index in [4.69, 9.17) is 14.0 Å². The summed E-state index contributed by atoms with van der Waals surface area (Å²) in [5.74, 6) is 1.11. The van der Waals surface area contributed by atoms with Crippen LogP contribution in [0.15, 0.2) is 34.9 Å². The van der Waals surface area contributed by atoms with Crippen LogP contribution in [0.25, 0.3) is 11.3 Å². The van der Waals surface area contributed by atoms with Crippen molar-refractivity contribution < 1.29 is 23.7 Å². The number of nitrogens with one attached hydrogen (secondary N) is 2. The molecule has 1 amide bonds. The Hall–Kier alpha value is -2.38. The molecule has 0 bridgehead atoms. The summed E-state index contributed by atoms with van der Waals surface area (Å²) in [5.41, 5.74) is 1.14. The Labute approximate surface area is 140 Å². The molecule has 1 saturated heterocycles. The molecular formula is C17H22N3O4+. The van der Waals surface area contributed by atoms with E-state index in [-0.39, 0.29) is 11.6 Å². The van der Waals surface area contributed by atoms with Crippen molar-refractivity contribution >= 4 is 5.91 Å². The molecule has 0 aliphatic carbocycles. The third-order valence-electron chi connectivity index (χ3n) is 4.08. The Balaban J connectivity index is 1.53. The molecule has 0 saturated carbocycles. The van der Waals surface area contributed by atoms with Gasteiger partial charge in [-0.3, -0.25) is 4.79 Å². The standard InChI is InChI=1S/C17H21N3O4/c1-22-14-4-2-13(3-5-14)16-12-15(19-24-16)17(21)18-6-7-20-8-10-23-11-9-20/h2-5,12H,6-11H2,1H3,(H,18,21)/p+1. The normalized spacial score (nSPS) is 15.2. The number of morpholine rings is 1. The van der Waals surface area contributed by atoms with Crippen molar-refractivity contribution in [3.63, 3.8) is 0 Å². The first-order chi connectivity index (χ1) is 11.8. The van der Waals surface area contributed by atoms with Crippen LogP contribution in [-0.2, 0) is 4.74 Å². The number of ether oxygens (including phenoxy) is 2. The minimum atomic E-state index is -0.217. The molecule has 2 heterocycles. The summed E-state index contributed by atoms with van der Waals surface area (Å²) in [6, 6.07) is 9.05. The molecule has 2 N–H and O–H groups in total. The highest BCUT2D eigenvalue weighted by Gasteiger charge is 2.16. The van der Waals surface area contributed by atoms with Gasteiger partial charge in [-0.2, -0.15) is 0 Å². The van der Waals surface area contributed by atoms with Gasteiger partial charge in [-0.25, -0.2) is 0 Å². The molecule has 1 aromatic carbocycles. The van der Waals surface area contributed by atoms with Crippen LogP contribution in [0.3, 0.4) is 0 Å². The minimum absolute atomic E-state index is 0.217. The van der Waals surface area contributed by atoms with Gasteiger partial charge in [0.1, 0.15) is 18.8 Å². The Morgan fingerprint density at radius 3 is 2.75 bits per heavy atom. The van der Waals surface area contributed by atoms with E-state index in [1.165, 1.54) is 4.90 Å². The van der Waals surface area contributed by atoms with Gasteiger partial charge in [-0.1, -0.05) is 5.16 Å². The molecule has 1 aliphatic heterocycles. The maximum Gasteiger partial charge on any atom is 0.273 e. The van der Waals surface area contributed by atoms with Gasteiger partial charge in [-0.15, -0.1) is 0 Å². The number of hydrogen-bond donors (Lipinski definition) is 2. The van der Waals surface area contributed by atoms with Crippen molar-refractivity contribution in [1.82, 2.24) is 10.5 Å². The first-order valence-corrected chi connectivity index (χ1v) is 8.07. The van der Waals surface area contributed by atoms with Crippen molar-refractivity contribution in [2.75, 3.05) is 46.5 Å². The average Bonchev–Trinajstić information content (AvgIpc) is 3.13. The number of quaternary nitrogens is 1. The lowest BCUT2D eigenvalue weighted by molar-refractivity contribution is -0.906. The Bertz CT molecular complexity index is 663. The fraction of sp³-hybridized carbons (Fsp3) is 0.412. The van der Waals surface area contributed by atoms with E-state index in [0.29, 0.717) is 12.3 Å². The molecule has 7 heteroatoms. The lowest BCUT2D eigenvalue weighted by Crippen LogP contribution is -3.14. The van der Waals surface area contributed by atoms with Gasteiger partial charge in [0.25, 0.3) is 5.91 Å². The number of methoxy groups -OCH3 is 1. The number of nitrogens with zero attached hydrogens (tertiary/aromatic N) is 1. The zero-order valence-corrected chi connectivity index (χ0v) is 13.7. The smallest absolute Gasteiger partial charge is 0.273 e. The summed E-state index contributed by atoms with van der Waals surface area (Å²) in [6.07, 6.45) is 0. The molecule has 1 aromatic heterocycles. The van der Waals surface area contributed by atoms with E-state index in [0.717, 1.165) is 44.2 Å². The maximum absolute atomic E-state index is 12.1. The summed E-state index contributed by atoms with van der Waals surface area (Å²) < 4.78 is 15.7. The van der Waals surface area contributed by atoms with Crippen molar-refractivity contribution in [1.29, 1.82) is 0 Å². The largest absolute Gasteiger partial charge is 0.497 e. The second kappa shape index (κ2) is 7.94. The summed E-state index contributed by atoms with van der Waals surface area (Å²) in [4.78, 5) is 13.6. The Morgan fingerprint density at radius 1 is 1.29 bits per heavy atom. The van der Waals surface area contributed by atoms with Crippen LogP contribution in [0.2, 0.25) is 0 Å². The van der Waals surface area contributed by atoms with Crippen LogP contribution in [0.1, 0.15) is 10.5 Å². The molecule has 128 valence electrons. The fourth-order valence-corrected chi connectivity index (χ4v) is 2.63. The van der Waals surface area contributed by atoms with Crippen LogP contribution in [0.5, 0.6) is 5.75 Å². The van der Waals surface area contributed by atoms with Crippen molar-refractivity contribution in [2.24, 2.45) is 0 Å². The van der Waals surface area contributed by atoms with Gasteiger partial charge in [0, 0.05) is 11.6 Å². The van der Waals surface area contributed by atoms with Gasteiger partial charge in [0.05, 0.1) is 33.4 Å². The molecule has 3 rings (SSSR count). The van der Waals surface area contributed by atoms with Crippen molar-refractivity contribution in [2.45, 2.75) is 0 Å². The lowest BCUT2D eigenvalue weighted by Gasteiger charge is -2.23. The molecular weight excluding hydrogens is 310 g/mol. The molecule has 24 heavy (non-hydrogen) atoms. The van der Waals surface area contributed by atoms with Crippen LogP contribution in [0, 0.1) is 0 Å². The number of amides is 1. The van der Waals surface area contributed by atoms with Crippen LogP contribution >= 0.6 is 0 Å². The number of hydrogen-bond acceptors (Lipinski definition) is 5. The monoisotopic (exact) mass is 332 g/mol. The molecule has 0 radical (unpaired) electrons. The number of benzene rings is 1. The van der Waals surface area contributed by atoms with E-state index < -0.39 is 0 Å². The second-order valence-electron chi connectivity index (χ2n) is 5.67. The quantitative estimate of drug-likeness (QED) is 0.778. The zero-order valence-electron chi connectivity index (χ0n) is 13.7. The first-order valence-electron chi connectivity index (χ1n) is 8.07. The summed E-state index contributed by atoms with van der Waals surface area (Å²) in [6.45, 7) is 5.05. The Kier molecular flexibility index (Phi) is 5.45. The number of carbonyl (C=O) groups excluding carboxylic acids is 1. The van der Waals surface area contributed by atoms with E-state index >= 15 is 0 Å². The summed E-state index contributed by atoms with van der Waals surface area (Å²) in [5, 5.41) is 6.74. The highest BCUT2D eigenvalue weighted by molar-refractivity contribution is 5.93. The van der Waals surface area contributed by atoms with E-state index in [9.17, 15) is 4.79 Å². The van der Waals surface area contributed by atoms with Gasteiger partial charge in [0.15, 0.2) is 11.5 Å². The van der Waals surface area contributed by atoms with Crippen LogP contribution in [0.4, 0.5) is 0 Å². The third kappa shape index (κ3) is 4.12. The molecule has 7 nitrogen and oxygen atoms in total. The average molecular weight is 332 g/mol. The van der Waals surface area contributed by atoms with Crippen LogP contribution in [-0.4, -0.2) is 57.6 Å². The molecule has 0 spiro atoms. The summed E-state index contributed by atoms with van der Waals surface area (Å²) >= 11 is 0. The molecule has 1 fully saturated rings. The van der Waals surface area contributed by atoms with Gasteiger partial charge >= 0.3 is 0 Å². The van der Waals surface area contributed by atoms with Gasteiger partial charge in [-0.05, 0) is 24.3 Å². The summed E-state index contributed by atoms with van der Waals surface area (Å²) in [7, 11) is 1.62. The fourth-order valence-electron chi connectivity index (χ4n) is 2.63. The second-order valence-corrected chi connectivity index (χ2v) is 5.67.